The topological polar surface area (TPSA) is 49.5 Å². The zero-order valence-electron chi connectivity index (χ0n) is 10.5. The Balaban J connectivity index is 2.79. The minimum absolute atomic E-state index is 0.200. The summed E-state index contributed by atoms with van der Waals surface area (Å²) in [4.78, 5) is 3.42. The Kier molecular flexibility index (Phi) is 4.50. The molecule has 16 heavy (non-hydrogen) atoms. The molecular formula is C12H22N2OS. The normalized spacial score (nSPS) is 14.4. The number of hydrogen-bond donors (Lipinski definition) is 2. The van der Waals surface area contributed by atoms with Crippen LogP contribution in [0.1, 0.15) is 30.3 Å². The van der Waals surface area contributed by atoms with Crippen molar-refractivity contribution in [2.45, 2.75) is 32.4 Å². The van der Waals surface area contributed by atoms with Gasteiger partial charge in [0.05, 0.1) is 11.6 Å². The van der Waals surface area contributed by atoms with Crippen molar-refractivity contribution in [3.8, 4) is 0 Å². The molecule has 0 amide bonds. The number of thiophene rings is 1. The van der Waals surface area contributed by atoms with Crippen molar-refractivity contribution in [1.29, 1.82) is 0 Å². The summed E-state index contributed by atoms with van der Waals surface area (Å²) in [6, 6.07) is 2.31. The molecule has 3 nitrogen and oxygen atoms in total. The molecule has 0 saturated heterocycles. The molecular weight excluding hydrogens is 220 g/mol. The number of hydrogen-bond acceptors (Lipinski definition) is 4. The van der Waals surface area contributed by atoms with Gasteiger partial charge in [-0.15, -0.1) is 11.3 Å². The van der Waals surface area contributed by atoms with Crippen LogP contribution in [0.2, 0.25) is 0 Å². The number of nitrogens with zero attached hydrogens (tertiary/aromatic N) is 1. The molecule has 1 aromatic rings. The minimum Gasteiger partial charge on any atom is -0.389 e. The van der Waals surface area contributed by atoms with Crippen LogP contribution in [0.3, 0.4) is 0 Å². The van der Waals surface area contributed by atoms with Crippen LogP contribution < -0.4 is 5.73 Å². The molecule has 0 aliphatic carbocycles. The van der Waals surface area contributed by atoms with Crippen LogP contribution in [-0.2, 0) is 0 Å². The summed E-state index contributed by atoms with van der Waals surface area (Å²) < 4.78 is 0. The van der Waals surface area contributed by atoms with Crippen LogP contribution in [0.25, 0.3) is 0 Å². The van der Waals surface area contributed by atoms with Crippen LogP contribution in [0.15, 0.2) is 11.4 Å². The molecule has 4 heteroatoms. The second-order valence-corrected chi connectivity index (χ2v) is 5.89. The summed E-state index contributed by atoms with van der Waals surface area (Å²) in [6.45, 7) is 6.93. The number of aryl methyl sites for hydroxylation is 1. The van der Waals surface area contributed by atoms with Gasteiger partial charge in [0, 0.05) is 18.0 Å². The molecule has 0 bridgehead atoms. The van der Waals surface area contributed by atoms with Gasteiger partial charge in [0.15, 0.2) is 0 Å². The van der Waals surface area contributed by atoms with Gasteiger partial charge < -0.3 is 10.8 Å². The lowest BCUT2D eigenvalue weighted by Crippen LogP contribution is -2.40. The van der Waals surface area contributed by atoms with Crippen molar-refractivity contribution in [1.82, 2.24) is 4.90 Å². The van der Waals surface area contributed by atoms with Crippen molar-refractivity contribution < 1.29 is 5.11 Å². The lowest BCUT2D eigenvalue weighted by atomic mass is 10.1. The highest BCUT2D eigenvalue weighted by molar-refractivity contribution is 7.10. The third kappa shape index (κ3) is 3.56. The Morgan fingerprint density at radius 1 is 1.56 bits per heavy atom. The predicted molar refractivity (Wildman–Crippen MR) is 69.8 cm³/mol. The van der Waals surface area contributed by atoms with Crippen molar-refractivity contribution in [2.75, 3.05) is 20.1 Å². The smallest absolute Gasteiger partial charge is 0.0718 e. The fourth-order valence-corrected chi connectivity index (χ4v) is 3.04. The van der Waals surface area contributed by atoms with Gasteiger partial charge in [-0.05, 0) is 44.8 Å². The maximum atomic E-state index is 9.82. The quantitative estimate of drug-likeness (QED) is 0.827. The highest BCUT2D eigenvalue weighted by Crippen LogP contribution is 2.27. The Labute approximate surface area is 102 Å². The molecule has 1 unspecified atom stereocenters. The Bertz CT molecular complexity index is 330. The van der Waals surface area contributed by atoms with E-state index < -0.39 is 5.60 Å². The molecule has 1 aromatic heterocycles. The molecule has 3 N–H and O–H groups in total. The lowest BCUT2D eigenvalue weighted by Gasteiger charge is -2.31. The largest absolute Gasteiger partial charge is 0.389 e. The monoisotopic (exact) mass is 242 g/mol. The van der Waals surface area contributed by atoms with E-state index in [2.05, 4.69) is 23.3 Å². The van der Waals surface area contributed by atoms with E-state index in [1.807, 2.05) is 20.9 Å². The van der Waals surface area contributed by atoms with E-state index in [9.17, 15) is 5.11 Å². The zero-order chi connectivity index (χ0) is 12.3. The fraction of sp³-hybridized carbons (Fsp3) is 0.667. The summed E-state index contributed by atoms with van der Waals surface area (Å²) in [5, 5.41) is 11.9. The SMILES string of the molecule is Cc1ccsc1C(CN)N(C)CC(C)(C)O. The Morgan fingerprint density at radius 3 is 2.56 bits per heavy atom. The van der Waals surface area contributed by atoms with Crippen molar-refractivity contribution in [3.05, 3.63) is 21.9 Å². The minimum atomic E-state index is -0.687. The van der Waals surface area contributed by atoms with E-state index in [1.54, 1.807) is 11.3 Å². The Morgan fingerprint density at radius 2 is 2.19 bits per heavy atom. The second kappa shape index (κ2) is 5.27. The van der Waals surface area contributed by atoms with Crippen LogP contribution in [-0.4, -0.2) is 35.7 Å². The van der Waals surface area contributed by atoms with Crippen molar-refractivity contribution in [3.63, 3.8) is 0 Å². The third-order valence-electron chi connectivity index (χ3n) is 2.60. The average Bonchev–Trinajstić information content (AvgIpc) is 2.50. The summed E-state index contributed by atoms with van der Waals surface area (Å²) >= 11 is 1.73. The molecule has 0 aliphatic rings. The van der Waals surface area contributed by atoms with Gasteiger partial charge in [-0.2, -0.15) is 0 Å². The van der Waals surface area contributed by atoms with E-state index >= 15 is 0 Å². The van der Waals surface area contributed by atoms with Gasteiger partial charge in [0.1, 0.15) is 0 Å². The highest BCUT2D eigenvalue weighted by atomic mass is 32.1. The first-order valence-corrected chi connectivity index (χ1v) is 6.40. The van der Waals surface area contributed by atoms with Crippen LogP contribution in [0.4, 0.5) is 0 Å². The van der Waals surface area contributed by atoms with E-state index in [0.717, 1.165) is 0 Å². The number of rotatable bonds is 5. The highest BCUT2D eigenvalue weighted by Gasteiger charge is 2.23. The van der Waals surface area contributed by atoms with Crippen LogP contribution in [0.5, 0.6) is 0 Å². The summed E-state index contributed by atoms with van der Waals surface area (Å²) in [5.41, 5.74) is 6.43. The fourth-order valence-electron chi connectivity index (χ4n) is 1.93. The van der Waals surface area contributed by atoms with Gasteiger partial charge in [0.2, 0.25) is 0 Å². The molecule has 92 valence electrons. The molecule has 1 atom stereocenters. The first-order valence-electron chi connectivity index (χ1n) is 5.52. The molecule has 0 aromatic carbocycles. The first kappa shape index (κ1) is 13.6. The summed E-state index contributed by atoms with van der Waals surface area (Å²) in [7, 11) is 2.01. The van der Waals surface area contributed by atoms with Crippen molar-refractivity contribution >= 4 is 11.3 Å². The maximum Gasteiger partial charge on any atom is 0.0718 e. The average molecular weight is 242 g/mol. The molecule has 1 heterocycles. The van der Waals surface area contributed by atoms with Gasteiger partial charge in [-0.3, -0.25) is 4.90 Å². The van der Waals surface area contributed by atoms with E-state index in [4.69, 9.17) is 5.73 Å². The number of aliphatic hydroxyl groups is 1. The van der Waals surface area contributed by atoms with E-state index in [0.29, 0.717) is 13.1 Å². The standard InChI is InChI=1S/C12H22N2OS/c1-9-5-6-16-11(9)10(7-13)14(4)8-12(2,3)15/h5-6,10,15H,7-8,13H2,1-4H3. The Hall–Kier alpha value is -0.420. The number of likely N-dealkylation sites (N-methyl/N-ethyl adjacent to an activating group) is 1. The van der Waals surface area contributed by atoms with Gasteiger partial charge in [-0.1, -0.05) is 0 Å². The van der Waals surface area contributed by atoms with Gasteiger partial charge in [0.25, 0.3) is 0 Å². The van der Waals surface area contributed by atoms with Crippen molar-refractivity contribution in [2.24, 2.45) is 5.73 Å². The zero-order valence-corrected chi connectivity index (χ0v) is 11.3. The second-order valence-electron chi connectivity index (χ2n) is 4.95. The molecule has 0 fully saturated rings. The molecule has 1 rings (SSSR count). The molecule has 0 spiro atoms. The third-order valence-corrected chi connectivity index (χ3v) is 3.72. The predicted octanol–water partition coefficient (Wildman–Crippen LogP) is 1.76. The maximum absolute atomic E-state index is 9.82. The first-order chi connectivity index (χ1) is 7.35. The number of nitrogens with two attached hydrogens (primary N) is 1. The molecule has 0 saturated carbocycles. The summed E-state index contributed by atoms with van der Waals surface area (Å²) in [6.07, 6.45) is 0. The molecule has 0 radical (unpaired) electrons. The van der Waals surface area contributed by atoms with Gasteiger partial charge >= 0.3 is 0 Å². The van der Waals surface area contributed by atoms with Crippen LogP contribution >= 0.6 is 11.3 Å². The van der Waals surface area contributed by atoms with E-state index in [-0.39, 0.29) is 6.04 Å². The van der Waals surface area contributed by atoms with Crippen LogP contribution in [0, 0.1) is 6.92 Å². The summed E-state index contributed by atoms with van der Waals surface area (Å²) in [5.74, 6) is 0. The lowest BCUT2D eigenvalue weighted by molar-refractivity contribution is 0.0324. The molecule has 0 aliphatic heterocycles. The van der Waals surface area contributed by atoms with Gasteiger partial charge in [-0.25, -0.2) is 0 Å². The van der Waals surface area contributed by atoms with E-state index in [1.165, 1.54) is 10.4 Å².